The second-order valence-corrected chi connectivity index (χ2v) is 5.64. The topological polar surface area (TPSA) is 64.6 Å². The fraction of sp³-hybridized carbons (Fsp3) is 0.455. The molecule has 1 N–H and O–H groups in total. The molecule has 0 amide bonds. The number of halogens is 3. The third kappa shape index (κ3) is 3.62. The molecule has 0 saturated heterocycles. The number of hydrogen-bond acceptors (Lipinski definition) is 5. The van der Waals surface area contributed by atoms with Crippen molar-refractivity contribution in [1.82, 2.24) is 0 Å². The lowest BCUT2D eigenvalue weighted by Crippen LogP contribution is -2.27. The van der Waals surface area contributed by atoms with E-state index in [1.807, 2.05) is 0 Å². The Kier molecular flexibility index (Phi) is 5.37. The van der Waals surface area contributed by atoms with E-state index in [4.69, 9.17) is 9.47 Å². The second kappa shape index (κ2) is 6.42. The minimum atomic E-state index is -5.41. The molecule has 0 unspecified atom stereocenters. The number of ether oxygens (including phenoxy) is 2. The average Bonchev–Trinajstić information content (AvgIpc) is 2.39. The molecular formula is C11H14F3NO4S. The Morgan fingerprint density at radius 2 is 1.75 bits per heavy atom. The molecule has 1 aromatic carbocycles. The van der Waals surface area contributed by atoms with E-state index in [9.17, 15) is 21.6 Å². The van der Waals surface area contributed by atoms with Crippen molar-refractivity contribution in [2.75, 3.05) is 26.1 Å². The SMILES string of the molecule is COC(CNc1ccccc1S(=O)(=O)C(F)(F)F)OC. The number of methoxy groups -OCH3 is 2. The number of benzene rings is 1. The Hall–Kier alpha value is -1.32. The van der Waals surface area contributed by atoms with Crippen LogP contribution in [0.2, 0.25) is 0 Å². The molecule has 0 aliphatic rings. The zero-order valence-electron chi connectivity index (χ0n) is 10.8. The molecule has 0 fully saturated rings. The molecule has 9 heteroatoms. The number of para-hydroxylation sites is 1. The number of nitrogens with one attached hydrogen (secondary N) is 1. The molecule has 0 aliphatic heterocycles. The van der Waals surface area contributed by atoms with Gasteiger partial charge >= 0.3 is 5.51 Å². The number of hydrogen-bond donors (Lipinski definition) is 1. The first-order valence-electron chi connectivity index (χ1n) is 5.44. The summed E-state index contributed by atoms with van der Waals surface area (Å²) in [4.78, 5) is -0.835. The van der Waals surface area contributed by atoms with Gasteiger partial charge in [-0.05, 0) is 12.1 Å². The van der Waals surface area contributed by atoms with E-state index in [0.717, 1.165) is 6.07 Å². The van der Waals surface area contributed by atoms with Crippen LogP contribution in [0.3, 0.4) is 0 Å². The van der Waals surface area contributed by atoms with Gasteiger partial charge in [-0.2, -0.15) is 13.2 Å². The summed E-state index contributed by atoms with van der Waals surface area (Å²) in [7, 11) is -2.70. The molecule has 0 aromatic heterocycles. The van der Waals surface area contributed by atoms with Gasteiger partial charge in [-0.1, -0.05) is 12.1 Å². The zero-order chi connectivity index (χ0) is 15.4. The normalized spacial score (nSPS) is 12.7. The van der Waals surface area contributed by atoms with E-state index in [0.29, 0.717) is 0 Å². The molecule has 0 saturated carbocycles. The van der Waals surface area contributed by atoms with E-state index in [1.54, 1.807) is 0 Å². The molecule has 20 heavy (non-hydrogen) atoms. The maximum atomic E-state index is 12.6. The van der Waals surface area contributed by atoms with Crippen LogP contribution in [-0.4, -0.2) is 41.0 Å². The highest BCUT2D eigenvalue weighted by molar-refractivity contribution is 7.92. The highest BCUT2D eigenvalue weighted by Gasteiger charge is 2.47. The van der Waals surface area contributed by atoms with Gasteiger partial charge in [0.05, 0.1) is 17.1 Å². The maximum Gasteiger partial charge on any atom is 0.501 e. The average molecular weight is 313 g/mol. The fourth-order valence-corrected chi connectivity index (χ4v) is 2.36. The lowest BCUT2D eigenvalue weighted by Gasteiger charge is -2.17. The highest BCUT2D eigenvalue weighted by atomic mass is 32.2. The van der Waals surface area contributed by atoms with Gasteiger partial charge in [-0.15, -0.1) is 0 Å². The number of anilines is 1. The largest absolute Gasteiger partial charge is 0.501 e. The van der Waals surface area contributed by atoms with Gasteiger partial charge in [0, 0.05) is 14.2 Å². The molecule has 5 nitrogen and oxygen atoms in total. The summed E-state index contributed by atoms with van der Waals surface area (Å²) in [6, 6.07) is 4.76. The van der Waals surface area contributed by atoms with Crippen LogP contribution in [0.25, 0.3) is 0 Å². The van der Waals surface area contributed by atoms with Crippen molar-refractivity contribution in [2.24, 2.45) is 0 Å². The van der Waals surface area contributed by atoms with Gasteiger partial charge in [-0.3, -0.25) is 0 Å². The lowest BCUT2D eigenvalue weighted by atomic mass is 10.3. The fourth-order valence-electron chi connectivity index (χ4n) is 1.43. The van der Waals surface area contributed by atoms with Gasteiger partial charge in [0.25, 0.3) is 9.84 Å². The van der Waals surface area contributed by atoms with Crippen molar-refractivity contribution in [3.05, 3.63) is 24.3 Å². The molecule has 0 bridgehead atoms. The van der Waals surface area contributed by atoms with Crippen molar-refractivity contribution < 1.29 is 31.1 Å². The summed E-state index contributed by atoms with van der Waals surface area (Å²) in [5.74, 6) is 0. The monoisotopic (exact) mass is 313 g/mol. The van der Waals surface area contributed by atoms with Crippen LogP contribution in [0.15, 0.2) is 29.2 Å². The van der Waals surface area contributed by atoms with Crippen LogP contribution < -0.4 is 5.32 Å². The first-order chi connectivity index (χ1) is 9.24. The Bertz CT molecular complexity index is 541. The van der Waals surface area contributed by atoms with Crippen LogP contribution in [0.1, 0.15) is 0 Å². The van der Waals surface area contributed by atoms with Gasteiger partial charge in [-0.25, -0.2) is 8.42 Å². The predicted molar refractivity (Wildman–Crippen MR) is 66.0 cm³/mol. The maximum absolute atomic E-state index is 12.6. The van der Waals surface area contributed by atoms with Crippen molar-refractivity contribution in [3.63, 3.8) is 0 Å². The minimum absolute atomic E-state index is 0.00259. The van der Waals surface area contributed by atoms with Gasteiger partial charge in [0.1, 0.15) is 0 Å². The Morgan fingerprint density at radius 1 is 1.20 bits per heavy atom. The van der Waals surface area contributed by atoms with Crippen LogP contribution in [0.5, 0.6) is 0 Å². The quantitative estimate of drug-likeness (QED) is 0.814. The first kappa shape index (κ1) is 16.7. The molecule has 0 spiro atoms. The smallest absolute Gasteiger partial charge is 0.379 e. The Morgan fingerprint density at radius 3 is 2.25 bits per heavy atom. The van der Waals surface area contributed by atoms with Crippen molar-refractivity contribution in [3.8, 4) is 0 Å². The van der Waals surface area contributed by atoms with Crippen LogP contribution in [0, 0.1) is 0 Å². The second-order valence-electron chi connectivity index (χ2n) is 3.73. The van der Waals surface area contributed by atoms with Crippen molar-refractivity contribution in [2.45, 2.75) is 16.7 Å². The summed E-state index contributed by atoms with van der Waals surface area (Å²) in [6.07, 6.45) is -0.711. The molecule has 0 atom stereocenters. The molecule has 0 aliphatic carbocycles. The van der Waals surface area contributed by atoms with E-state index < -0.39 is 26.5 Å². The standard InChI is InChI=1S/C11H14F3NO4S/c1-18-10(19-2)7-15-8-5-3-4-6-9(8)20(16,17)11(12,13)14/h3-6,10,15H,7H2,1-2H3. The number of alkyl halides is 3. The van der Waals surface area contributed by atoms with Crippen LogP contribution in [-0.2, 0) is 19.3 Å². The third-order valence-corrected chi connectivity index (χ3v) is 4.01. The molecule has 1 aromatic rings. The lowest BCUT2D eigenvalue weighted by molar-refractivity contribution is -0.0914. The van der Waals surface area contributed by atoms with Crippen molar-refractivity contribution >= 4 is 15.5 Å². The summed E-state index contributed by atoms with van der Waals surface area (Å²) in [5, 5.41) is 2.56. The van der Waals surface area contributed by atoms with E-state index in [-0.39, 0.29) is 12.2 Å². The van der Waals surface area contributed by atoms with Crippen LogP contribution in [0.4, 0.5) is 18.9 Å². The first-order valence-corrected chi connectivity index (χ1v) is 6.92. The summed E-state index contributed by atoms with van der Waals surface area (Å²) < 4.78 is 70.3. The van der Waals surface area contributed by atoms with Crippen molar-refractivity contribution in [1.29, 1.82) is 0 Å². The third-order valence-electron chi connectivity index (χ3n) is 2.47. The molecule has 114 valence electrons. The summed E-state index contributed by atoms with van der Waals surface area (Å²) in [5.41, 5.74) is -5.52. The molecule has 0 heterocycles. The van der Waals surface area contributed by atoms with E-state index in [2.05, 4.69) is 5.32 Å². The van der Waals surface area contributed by atoms with Gasteiger partial charge in [0.15, 0.2) is 6.29 Å². The van der Waals surface area contributed by atoms with E-state index in [1.165, 1.54) is 32.4 Å². The minimum Gasteiger partial charge on any atom is -0.379 e. The molecule has 1 rings (SSSR count). The Balaban J connectivity index is 3.07. The Labute approximate surface area is 114 Å². The summed E-state index contributed by atoms with van der Waals surface area (Å²) >= 11 is 0. The van der Waals surface area contributed by atoms with Gasteiger partial charge < -0.3 is 14.8 Å². The van der Waals surface area contributed by atoms with Crippen LogP contribution >= 0.6 is 0 Å². The highest BCUT2D eigenvalue weighted by Crippen LogP contribution is 2.34. The summed E-state index contributed by atoms with van der Waals surface area (Å²) in [6.45, 7) is -0.00259. The molecular weight excluding hydrogens is 299 g/mol. The predicted octanol–water partition coefficient (Wildman–Crippen LogP) is 2.01. The molecule has 0 radical (unpaired) electrons. The van der Waals surface area contributed by atoms with Gasteiger partial charge in [0.2, 0.25) is 0 Å². The van der Waals surface area contributed by atoms with E-state index >= 15 is 0 Å². The zero-order valence-corrected chi connectivity index (χ0v) is 11.6. The number of rotatable bonds is 6. The number of sulfone groups is 1.